The molecule has 0 aliphatic heterocycles. The normalized spacial score (nSPS) is 12.0. The van der Waals surface area contributed by atoms with E-state index < -0.39 is 21.4 Å². The number of rotatable bonds is 5. The molecule has 0 amide bonds. The van der Waals surface area contributed by atoms with Gasteiger partial charge in [-0.05, 0) is 18.2 Å². The second-order valence-electron chi connectivity index (χ2n) is 4.11. The third-order valence-corrected chi connectivity index (χ3v) is 3.40. The van der Waals surface area contributed by atoms with E-state index >= 15 is 0 Å². The molecule has 0 fully saturated rings. The first-order valence-electron chi connectivity index (χ1n) is 5.90. The molecule has 22 heavy (non-hydrogen) atoms. The summed E-state index contributed by atoms with van der Waals surface area (Å²) in [5, 5.41) is 0. The van der Waals surface area contributed by atoms with Crippen molar-refractivity contribution in [3.05, 3.63) is 54.4 Å². The molecule has 1 aromatic carbocycles. The molecule has 118 valence electrons. The van der Waals surface area contributed by atoms with E-state index in [9.17, 15) is 21.6 Å². The van der Waals surface area contributed by atoms with Crippen LogP contribution < -0.4 is 8.92 Å². The van der Waals surface area contributed by atoms with Crippen molar-refractivity contribution in [1.82, 2.24) is 4.98 Å². The van der Waals surface area contributed by atoms with E-state index in [1.165, 1.54) is 12.1 Å². The summed E-state index contributed by atoms with van der Waals surface area (Å²) in [5.41, 5.74) is -4.74. The number of pyridine rings is 1. The van der Waals surface area contributed by atoms with Gasteiger partial charge in [-0.15, -0.1) is 0 Å². The number of halogens is 3. The number of ether oxygens (including phenoxy) is 1. The second kappa shape index (κ2) is 6.22. The first-order chi connectivity index (χ1) is 10.3. The Morgan fingerprint density at radius 2 is 1.82 bits per heavy atom. The smallest absolute Gasteiger partial charge is 0.489 e. The predicted octanol–water partition coefficient (Wildman–Crippen LogP) is 2.89. The summed E-state index contributed by atoms with van der Waals surface area (Å²) in [5.74, 6) is -0.320. The molecule has 0 N–H and O–H groups in total. The monoisotopic (exact) mass is 333 g/mol. The van der Waals surface area contributed by atoms with E-state index in [2.05, 4.69) is 9.17 Å². The van der Waals surface area contributed by atoms with Crippen LogP contribution in [0, 0.1) is 0 Å². The number of benzene rings is 1. The number of alkyl halides is 3. The van der Waals surface area contributed by atoms with Crippen LogP contribution in [0.25, 0.3) is 0 Å². The molecule has 2 rings (SSSR count). The van der Waals surface area contributed by atoms with Crippen LogP contribution in [0.15, 0.2) is 48.8 Å². The molecule has 0 aliphatic carbocycles. The summed E-state index contributed by atoms with van der Waals surface area (Å²) in [6, 6.07) is 8.37. The summed E-state index contributed by atoms with van der Waals surface area (Å²) in [6.45, 7) is 0.128. The SMILES string of the molecule is O=S(=O)(Oc1cccc(OCc2cccnc2)c1)C(F)(F)F. The molecule has 0 spiro atoms. The third-order valence-electron chi connectivity index (χ3n) is 2.42. The van der Waals surface area contributed by atoms with Gasteiger partial charge in [0, 0.05) is 24.0 Å². The van der Waals surface area contributed by atoms with Gasteiger partial charge in [0.15, 0.2) is 0 Å². The van der Waals surface area contributed by atoms with E-state index in [1.54, 1.807) is 24.5 Å². The Hall–Kier alpha value is -2.29. The minimum atomic E-state index is -5.70. The van der Waals surface area contributed by atoms with Crippen molar-refractivity contribution in [3.63, 3.8) is 0 Å². The zero-order valence-electron chi connectivity index (χ0n) is 10.9. The maximum atomic E-state index is 12.2. The van der Waals surface area contributed by atoms with Crippen molar-refractivity contribution < 1.29 is 30.5 Å². The quantitative estimate of drug-likeness (QED) is 0.622. The van der Waals surface area contributed by atoms with Crippen molar-refractivity contribution in [2.24, 2.45) is 0 Å². The van der Waals surface area contributed by atoms with Crippen molar-refractivity contribution in [2.45, 2.75) is 12.1 Å². The molecule has 1 aromatic heterocycles. The van der Waals surface area contributed by atoms with E-state index in [0.29, 0.717) is 0 Å². The van der Waals surface area contributed by atoms with Crippen LogP contribution >= 0.6 is 0 Å². The molecular weight excluding hydrogens is 323 g/mol. The zero-order valence-corrected chi connectivity index (χ0v) is 11.8. The Bertz CT molecular complexity index is 732. The van der Waals surface area contributed by atoms with Gasteiger partial charge < -0.3 is 8.92 Å². The summed E-state index contributed by atoms with van der Waals surface area (Å²) in [4.78, 5) is 3.88. The molecule has 0 bridgehead atoms. The number of hydrogen-bond donors (Lipinski definition) is 0. The van der Waals surface area contributed by atoms with Crippen molar-refractivity contribution >= 4 is 10.1 Å². The molecule has 0 unspecified atom stereocenters. The van der Waals surface area contributed by atoms with Crippen LogP contribution in [0.1, 0.15) is 5.56 Å². The minimum Gasteiger partial charge on any atom is -0.489 e. The van der Waals surface area contributed by atoms with Crippen LogP contribution in [-0.2, 0) is 16.7 Å². The van der Waals surface area contributed by atoms with Crippen LogP contribution in [-0.4, -0.2) is 18.9 Å². The van der Waals surface area contributed by atoms with Gasteiger partial charge >= 0.3 is 15.6 Å². The van der Waals surface area contributed by atoms with E-state index in [1.807, 2.05) is 0 Å². The molecule has 0 aliphatic rings. The molecule has 0 radical (unpaired) electrons. The highest BCUT2D eigenvalue weighted by atomic mass is 32.2. The largest absolute Gasteiger partial charge is 0.534 e. The molecule has 0 saturated carbocycles. The standard InChI is InChI=1S/C13H10F3NO4S/c14-13(15,16)22(18,19)21-12-5-1-4-11(7-12)20-9-10-3-2-6-17-8-10/h1-8H,9H2. The maximum absolute atomic E-state index is 12.2. The van der Waals surface area contributed by atoms with E-state index in [-0.39, 0.29) is 12.4 Å². The lowest BCUT2D eigenvalue weighted by Crippen LogP contribution is -2.28. The molecule has 0 saturated heterocycles. The molecule has 1 heterocycles. The molecule has 0 atom stereocenters. The summed E-state index contributed by atoms with van der Waals surface area (Å²) < 4.78 is 67.9. The van der Waals surface area contributed by atoms with Crippen molar-refractivity contribution in [1.29, 1.82) is 0 Å². The molecule has 9 heteroatoms. The van der Waals surface area contributed by atoms with Crippen LogP contribution in [0.5, 0.6) is 11.5 Å². The predicted molar refractivity (Wildman–Crippen MR) is 70.6 cm³/mol. The maximum Gasteiger partial charge on any atom is 0.534 e. The average Bonchev–Trinajstić information content (AvgIpc) is 2.45. The van der Waals surface area contributed by atoms with Gasteiger partial charge in [-0.3, -0.25) is 4.98 Å². The topological polar surface area (TPSA) is 65.5 Å². The number of aromatic nitrogens is 1. The highest BCUT2D eigenvalue weighted by molar-refractivity contribution is 7.88. The average molecular weight is 333 g/mol. The van der Waals surface area contributed by atoms with Gasteiger partial charge in [-0.1, -0.05) is 12.1 Å². The molecular formula is C13H10F3NO4S. The molecule has 2 aromatic rings. The Morgan fingerprint density at radius 1 is 1.09 bits per heavy atom. The lowest BCUT2D eigenvalue weighted by molar-refractivity contribution is -0.0500. The summed E-state index contributed by atoms with van der Waals surface area (Å²) in [6.07, 6.45) is 3.15. The van der Waals surface area contributed by atoms with Crippen molar-refractivity contribution in [3.8, 4) is 11.5 Å². The first-order valence-corrected chi connectivity index (χ1v) is 7.31. The number of nitrogens with zero attached hydrogens (tertiary/aromatic N) is 1. The van der Waals surface area contributed by atoms with E-state index in [4.69, 9.17) is 4.74 Å². The highest BCUT2D eigenvalue weighted by Gasteiger charge is 2.48. The highest BCUT2D eigenvalue weighted by Crippen LogP contribution is 2.28. The van der Waals surface area contributed by atoms with Gasteiger partial charge in [-0.2, -0.15) is 21.6 Å². The minimum absolute atomic E-state index is 0.128. The molecule has 5 nitrogen and oxygen atoms in total. The van der Waals surface area contributed by atoms with Gasteiger partial charge in [0.25, 0.3) is 0 Å². The van der Waals surface area contributed by atoms with Crippen LogP contribution in [0.3, 0.4) is 0 Å². The fraction of sp³-hybridized carbons (Fsp3) is 0.154. The Labute approximate surface area is 124 Å². The summed E-state index contributed by atoms with van der Waals surface area (Å²) >= 11 is 0. The van der Waals surface area contributed by atoms with Gasteiger partial charge in [0.2, 0.25) is 0 Å². The first kappa shape index (κ1) is 16.1. The van der Waals surface area contributed by atoms with E-state index in [0.717, 1.165) is 17.7 Å². The third kappa shape index (κ3) is 4.10. The van der Waals surface area contributed by atoms with Gasteiger partial charge in [0.05, 0.1) is 0 Å². The lowest BCUT2D eigenvalue weighted by Gasteiger charge is -2.11. The van der Waals surface area contributed by atoms with Crippen LogP contribution in [0.4, 0.5) is 13.2 Å². The Balaban J connectivity index is 2.07. The van der Waals surface area contributed by atoms with Gasteiger partial charge in [-0.25, -0.2) is 0 Å². The van der Waals surface area contributed by atoms with Crippen LogP contribution in [0.2, 0.25) is 0 Å². The van der Waals surface area contributed by atoms with Gasteiger partial charge in [0.1, 0.15) is 18.1 Å². The Morgan fingerprint density at radius 3 is 2.45 bits per heavy atom. The summed E-state index contributed by atoms with van der Waals surface area (Å²) in [7, 11) is -5.70. The lowest BCUT2D eigenvalue weighted by atomic mass is 10.3. The van der Waals surface area contributed by atoms with Crippen molar-refractivity contribution in [2.75, 3.05) is 0 Å². The number of hydrogen-bond acceptors (Lipinski definition) is 5. The zero-order chi connectivity index (χ0) is 16.2. The fourth-order valence-corrected chi connectivity index (χ4v) is 1.89. The second-order valence-corrected chi connectivity index (χ2v) is 5.65. The fourth-order valence-electron chi connectivity index (χ4n) is 1.44. The Kier molecular flexibility index (Phi) is 4.55.